The van der Waals surface area contributed by atoms with Crippen LogP contribution in [0.3, 0.4) is 0 Å². The van der Waals surface area contributed by atoms with Gasteiger partial charge < -0.3 is 10.1 Å². The Kier molecular flexibility index (Phi) is 7.68. The van der Waals surface area contributed by atoms with Crippen LogP contribution in [0.15, 0.2) is 28.9 Å². The molecule has 1 aromatic carbocycles. The summed E-state index contributed by atoms with van der Waals surface area (Å²) in [5.41, 5.74) is -3.26. The number of allylic oxidation sites excluding steroid dienone is 1. The maximum Gasteiger partial charge on any atom is 0.416 e. The van der Waals surface area contributed by atoms with E-state index in [-0.39, 0.29) is 6.73 Å². The number of ether oxygens (including phenoxy) is 1. The number of alkyl halides is 4. The number of halogens is 5. The third kappa shape index (κ3) is 5.40. The van der Waals surface area contributed by atoms with Crippen LogP contribution in [0, 0.1) is 5.82 Å². The largest absolute Gasteiger partial charge is 0.476 e. The van der Waals surface area contributed by atoms with Crippen molar-refractivity contribution in [2.24, 2.45) is 0 Å². The number of anilines is 1. The molecule has 1 aromatic rings. The van der Waals surface area contributed by atoms with Gasteiger partial charge in [-0.05, 0) is 51.1 Å². The quantitative estimate of drug-likeness (QED) is 0.348. The van der Waals surface area contributed by atoms with Crippen molar-refractivity contribution < 1.29 is 31.9 Å². The first-order chi connectivity index (χ1) is 13.9. The monoisotopic (exact) mass is 468 g/mol. The minimum atomic E-state index is -4.70. The second kappa shape index (κ2) is 9.47. The van der Waals surface area contributed by atoms with Crippen molar-refractivity contribution in [1.82, 2.24) is 4.90 Å². The van der Waals surface area contributed by atoms with E-state index in [1.165, 1.54) is 25.6 Å². The molecule has 2 amide bonds. The molecule has 0 saturated carbocycles. The molecular weight excluding hydrogens is 448 g/mol. The lowest BCUT2D eigenvalue weighted by atomic mass is 10.0. The van der Waals surface area contributed by atoms with Gasteiger partial charge in [0.15, 0.2) is 6.73 Å². The van der Waals surface area contributed by atoms with Crippen molar-refractivity contribution in [2.75, 3.05) is 23.7 Å². The number of carbonyl (C=O) groups excluding carboxylic acids is 2. The molecule has 0 atom stereocenters. The topological polar surface area (TPSA) is 58.6 Å². The molecule has 11 heteroatoms. The Morgan fingerprint density at radius 1 is 1.33 bits per heavy atom. The number of rotatable bonds is 7. The highest BCUT2D eigenvalue weighted by Gasteiger charge is 2.42. The van der Waals surface area contributed by atoms with E-state index in [1.54, 1.807) is 6.92 Å². The van der Waals surface area contributed by atoms with Crippen LogP contribution in [-0.2, 0) is 20.5 Å². The van der Waals surface area contributed by atoms with Crippen LogP contribution in [0.1, 0.15) is 32.8 Å². The third-order valence-electron chi connectivity index (χ3n) is 4.47. The Hall–Kier alpha value is -1.94. The molecule has 2 rings (SSSR count). The summed E-state index contributed by atoms with van der Waals surface area (Å²) in [5, 5.41) is 2.16. The van der Waals surface area contributed by atoms with Gasteiger partial charge in [-0.2, -0.15) is 13.2 Å². The smallest absolute Gasteiger partial charge is 0.416 e. The van der Waals surface area contributed by atoms with Crippen LogP contribution < -0.4 is 5.32 Å². The van der Waals surface area contributed by atoms with Gasteiger partial charge in [0.1, 0.15) is 22.0 Å². The Morgan fingerprint density at radius 2 is 2.00 bits per heavy atom. The van der Waals surface area contributed by atoms with Crippen molar-refractivity contribution in [1.29, 1.82) is 0 Å². The van der Waals surface area contributed by atoms with E-state index in [0.29, 0.717) is 46.9 Å². The number of carbonyl (C=O) groups is 2. The maximum atomic E-state index is 14.0. The number of hydrogen-bond acceptors (Lipinski definition) is 4. The molecule has 0 spiro atoms. The van der Waals surface area contributed by atoms with Gasteiger partial charge in [0.2, 0.25) is 5.91 Å². The van der Waals surface area contributed by atoms with Crippen LogP contribution in [0.25, 0.3) is 0 Å². The van der Waals surface area contributed by atoms with E-state index in [1.807, 2.05) is 0 Å². The molecule has 1 heterocycles. The minimum Gasteiger partial charge on any atom is -0.476 e. The van der Waals surface area contributed by atoms with E-state index >= 15 is 0 Å². The molecule has 5 nitrogen and oxygen atoms in total. The third-order valence-corrected chi connectivity index (χ3v) is 5.98. The zero-order valence-electron chi connectivity index (χ0n) is 16.5. The highest BCUT2D eigenvalue weighted by Crippen LogP contribution is 2.34. The molecule has 0 aliphatic carbocycles. The molecule has 1 N–H and O–H groups in total. The summed E-state index contributed by atoms with van der Waals surface area (Å²) in [7, 11) is 0. The first kappa shape index (κ1) is 24.3. The Balaban J connectivity index is 2.23. The molecule has 0 saturated heterocycles. The van der Waals surface area contributed by atoms with Gasteiger partial charge in [-0.1, -0.05) is 0 Å². The number of hydrogen-bond donors (Lipinski definition) is 1. The fraction of sp³-hybridized carbons (Fsp3) is 0.474. The Morgan fingerprint density at radius 3 is 2.60 bits per heavy atom. The van der Waals surface area contributed by atoms with Crippen molar-refractivity contribution in [3.8, 4) is 0 Å². The van der Waals surface area contributed by atoms with Crippen molar-refractivity contribution >= 4 is 40.9 Å². The van der Waals surface area contributed by atoms with Gasteiger partial charge in [0, 0.05) is 5.88 Å². The van der Waals surface area contributed by atoms with E-state index in [0.717, 1.165) is 4.90 Å². The van der Waals surface area contributed by atoms with E-state index in [4.69, 9.17) is 16.3 Å². The molecule has 1 aliphatic heterocycles. The second-order valence-corrected chi connectivity index (χ2v) is 8.47. The van der Waals surface area contributed by atoms with Crippen LogP contribution >= 0.6 is 23.4 Å². The molecule has 0 fully saturated rings. The molecule has 0 bridgehead atoms. The molecular formula is C19H21ClF4N2O3S. The first-order valence-electron chi connectivity index (χ1n) is 8.92. The summed E-state index contributed by atoms with van der Waals surface area (Å²) in [4.78, 5) is 27.2. The minimum absolute atomic E-state index is 0.226. The summed E-state index contributed by atoms with van der Waals surface area (Å²) in [5.74, 6) is -0.932. The summed E-state index contributed by atoms with van der Waals surface area (Å²) >= 11 is 6.90. The van der Waals surface area contributed by atoms with Gasteiger partial charge >= 0.3 is 6.18 Å². The SMILES string of the molecule is CC1=C(SCCCCl)C(=O)N(C(C)(C)C(=O)Nc2cc(C(F)(F)F)ccc2F)CO1. The van der Waals surface area contributed by atoms with Gasteiger partial charge in [0.25, 0.3) is 5.91 Å². The van der Waals surface area contributed by atoms with E-state index in [2.05, 4.69) is 5.32 Å². The average molecular weight is 469 g/mol. The average Bonchev–Trinajstić information content (AvgIpc) is 2.65. The number of nitrogens with one attached hydrogen (secondary N) is 1. The first-order valence-corrected chi connectivity index (χ1v) is 10.4. The molecule has 0 aromatic heterocycles. The van der Waals surface area contributed by atoms with Crippen LogP contribution in [0.4, 0.5) is 23.2 Å². The van der Waals surface area contributed by atoms with E-state index < -0.39 is 40.6 Å². The van der Waals surface area contributed by atoms with Gasteiger partial charge in [-0.25, -0.2) is 4.39 Å². The fourth-order valence-electron chi connectivity index (χ4n) is 2.56. The van der Waals surface area contributed by atoms with E-state index in [9.17, 15) is 27.2 Å². The standard InChI is InChI=1S/C19H21ClF4N2O3S/c1-11-15(30-8-4-7-20)16(27)26(10-29-11)18(2,3)17(28)25-14-9-12(19(22,23)24)5-6-13(14)21/h5-6,9H,4,7-8,10H2,1-3H3,(H,25,28). The predicted octanol–water partition coefficient (Wildman–Crippen LogP) is 4.97. The molecule has 30 heavy (non-hydrogen) atoms. The predicted molar refractivity (Wildman–Crippen MR) is 107 cm³/mol. The molecule has 0 unspecified atom stereocenters. The zero-order chi connectivity index (χ0) is 22.7. The summed E-state index contributed by atoms with van der Waals surface area (Å²) < 4.78 is 58.2. The van der Waals surface area contributed by atoms with Crippen molar-refractivity contribution in [3.05, 3.63) is 40.2 Å². The number of nitrogens with zero attached hydrogens (tertiary/aromatic N) is 1. The molecule has 0 radical (unpaired) electrons. The van der Waals surface area contributed by atoms with Crippen molar-refractivity contribution in [2.45, 2.75) is 38.9 Å². The normalized spacial score (nSPS) is 15.3. The number of amides is 2. The maximum absolute atomic E-state index is 14.0. The van der Waals surface area contributed by atoms with Crippen LogP contribution in [0.2, 0.25) is 0 Å². The molecule has 1 aliphatic rings. The highest BCUT2D eigenvalue weighted by molar-refractivity contribution is 8.04. The van der Waals surface area contributed by atoms with Gasteiger partial charge in [0.05, 0.1) is 11.3 Å². The second-order valence-electron chi connectivity index (χ2n) is 6.99. The lowest BCUT2D eigenvalue weighted by Gasteiger charge is -2.39. The summed E-state index contributed by atoms with van der Waals surface area (Å²) in [6, 6.07) is 1.71. The Bertz CT molecular complexity index is 859. The Labute approximate surface area is 180 Å². The number of thioether (sulfide) groups is 1. The fourth-order valence-corrected chi connectivity index (χ4v) is 3.84. The van der Waals surface area contributed by atoms with Crippen LogP contribution in [0.5, 0.6) is 0 Å². The van der Waals surface area contributed by atoms with Crippen LogP contribution in [-0.4, -0.2) is 40.6 Å². The van der Waals surface area contributed by atoms with Gasteiger partial charge in [-0.15, -0.1) is 23.4 Å². The zero-order valence-corrected chi connectivity index (χ0v) is 18.1. The van der Waals surface area contributed by atoms with Crippen molar-refractivity contribution in [3.63, 3.8) is 0 Å². The summed E-state index contributed by atoms with van der Waals surface area (Å²) in [6.45, 7) is 4.20. The number of benzene rings is 1. The summed E-state index contributed by atoms with van der Waals surface area (Å²) in [6.07, 6.45) is -4.04. The highest BCUT2D eigenvalue weighted by atomic mass is 35.5. The molecule has 166 valence electrons. The van der Waals surface area contributed by atoms with Gasteiger partial charge in [-0.3, -0.25) is 14.5 Å². The lowest BCUT2D eigenvalue weighted by Crippen LogP contribution is -2.57. The lowest BCUT2D eigenvalue weighted by molar-refractivity contribution is -0.148.